The van der Waals surface area contributed by atoms with E-state index in [4.69, 9.17) is 5.73 Å². The predicted octanol–water partition coefficient (Wildman–Crippen LogP) is 2.12. The molecule has 13 heavy (non-hydrogen) atoms. The summed E-state index contributed by atoms with van der Waals surface area (Å²) >= 11 is 1.74. The van der Waals surface area contributed by atoms with Crippen LogP contribution in [0, 0.1) is 12.8 Å². The zero-order valence-electron chi connectivity index (χ0n) is 8.21. The minimum absolute atomic E-state index is 0.0824. The van der Waals surface area contributed by atoms with Crippen molar-refractivity contribution in [1.82, 2.24) is 4.98 Å². The number of thiazole rings is 1. The van der Waals surface area contributed by atoms with E-state index in [9.17, 15) is 0 Å². The molecule has 2 rings (SSSR count). The summed E-state index contributed by atoms with van der Waals surface area (Å²) in [6, 6.07) is 0. The highest BCUT2D eigenvalue weighted by Crippen LogP contribution is 2.45. The SMILES string of the molecule is CCC1CC1(N)Cc1nc(C)cs1. The first kappa shape index (κ1) is 9.16. The van der Waals surface area contributed by atoms with Crippen LogP contribution in [0.5, 0.6) is 0 Å². The minimum Gasteiger partial charge on any atom is -0.324 e. The number of aromatic nitrogens is 1. The third-order valence-electron chi connectivity index (χ3n) is 2.92. The van der Waals surface area contributed by atoms with Crippen LogP contribution in [0.25, 0.3) is 0 Å². The van der Waals surface area contributed by atoms with E-state index in [-0.39, 0.29) is 5.54 Å². The van der Waals surface area contributed by atoms with Gasteiger partial charge in [0.1, 0.15) is 0 Å². The van der Waals surface area contributed by atoms with E-state index in [0.29, 0.717) is 0 Å². The average molecular weight is 196 g/mol. The van der Waals surface area contributed by atoms with Crippen LogP contribution in [0.2, 0.25) is 0 Å². The molecule has 2 nitrogen and oxygen atoms in total. The third kappa shape index (κ3) is 1.76. The molecular weight excluding hydrogens is 180 g/mol. The Bertz CT molecular complexity index is 308. The Morgan fingerprint density at radius 1 is 1.77 bits per heavy atom. The van der Waals surface area contributed by atoms with Crippen molar-refractivity contribution in [2.24, 2.45) is 11.7 Å². The monoisotopic (exact) mass is 196 g/mol. The Morgan fingerprint density at radius 3 is 3.00 bits per heavy atom. The quantitative estimate of drug-likeness (QED) is 0.804. The lowest BCUT2D eigenvalue weighted by atomic mass is 10.1. The summed E-state index contributed by atoms with van der Waals surface area (Å²) in [7, 11) is 0. The molecule has 1 fully saturated rings. The number of rotatable bonds is 3. The highest BCUT2D eigenvalue weighted by atomic mass is 32.1. The van der Waals surface area contributed by atoms with E-state index in [2.05, 4.69) is 17.3 Å². The van der Waals surface area contributed by atoms with Crippen molar-refractivity contribution < 1.29 is 0 Å². The number of hydrogen-bond acceptors (Lipinski definition) is 3. The summed E-state index contributed by atoms with van der Waals surface area (Å²) in [6.45, 7) is 4.25. The minimum atomic E-state index is 0.0824. The standard InChI is InChI=1S/C10H16N2S/c1-3-8-4-10(8,11)5-9-12-7(2)6-13-9/h6,8H,3-5,11H2,1-2H3. The molecule has 1 aromatic heterocycles. The number of aryl methyl sites for hydroxylation is 1. The fourth-order valence-corrected chi connectivity index (χ4v) is 2.84. The molecule has 0 amide bonds. The first-order chi connectivity index (χ1) is 6.14. The van der Waals surface area contributed by atoms with Crippen LogP contribution in [0.4, 0.5) is 0 Å². The zero-order chi connectivity index (χ0) is 9.47. The van der Waals surface area contributed by atoms with Gasteiger partial charge in [-0.15, -0.1) is 11.3 Å². The maximum atomic E-state index is 6.21. The lowest BCUT2D eigenvalue weighted by Crippen LogP contribution is -2.27. The number of hydrogen-bond donors (Lipinski definition) is 1. The van der Waals surface area contributed by atoms with Crippen molar-refractivity contribution in [2.75, 3.05) is 0 Å². The molecular formula is C10H16N2S. The Balaban J connectivity index is 2.00. The van der Waals surface area contributed by atoms with E-state index >= 15 is 0 Å². The molecule has 2 unspecified atom stereocenters. The Kier molecular flexibility index (Phi) is 2.16. The highest BCUT2D eigenvalue weighted by Gasteiger charge is 2.49. The normalized spacial score (nSPS) is 32.1. The van der Waals surface area contributed by atoms with Crippen molar-refractivity contribution in [1.29, 1.82) is 0 Å². The van der Waals surface area contributed by atoms with Crippen LogP contribution >= 0.6 is 11.3 Å². The van der Waals surface area contributed by atoms with Crippen LogP contribution in [0.3, 0.4) is 0 Å². The lowest BCUT2D eigenvalue weighted by molar-refractivity contribution is 0.577. The topological polar surface area (TPSA) is 38.9 Å². The van der Waals surface area contributed by atoms with Crippen LogP contribution in [0.1, 0.15) is 30.5 Å². The molecule has 1 aliphatic carbocycles. The molecule has 72 valence electrons. The van der Waals surface area contributed by atoms with Crippen molar-refractivity contribution in [3.8, 4) is 0 Å². The van der Waals surface area contributed by atoms with Crippen LogP contribution in [0.15, 0.2) is 5.38 Å². The second-order valence-electron chi connectivity index (χ2n) is 4.10. The van der Waals surface area contributed by atoms with Crippen LogP contribution in [-0.2, 0) is 6.42 Å². The summed E-state index contributed by atoms with van der Waals surface area (Å²) in [6.07, 6.45) is 3.37. The van der Waals surface area contributed by atoms with E-state index in [1.807, 2.05) is 6.92 Å². The second kappa shape index (κ2) is 3.07. The molecule has 2 atom stereocenters. The fourth-order valence-electron chi connectivity index (χ4n) is 1.93. The van der Waals surface area contributed by atoms with Gasteiger partial charge in [0.15, 0.2) is 0 Å². The maximum absolute atomic E-state index is 6.21. The first-order valence-corrected chi connectivity index (χ1v) is 5.72. The summed E-state index contributed by atoms with van der Waals surface area (Å²) in [5.41, 5.74) is 7.41. The molecule has 0 aromatic carbocycles. The zero-order valence-corrected chi connectivity index (χ0v) is 9.03. The summed E-state index contributed by atoms with van der Waals surface area (Å²) < 4.78 is 0. The molecule has 3 heteroatoms. The van der Waals surface area contributed by atoms with Gasteiger partial charge >= 0.3 is 0 Å². The summed E-state index contributed by atoms with van der Waals surface area (Å²) in [4.78, 5) is 4.44. The molecule has 0 bridgehead atoms. The van der Waals surface area contributed by atoms with Gasteiger partial charge in [0.25, 0.3) is 0 Å². The molecule has 0 saturated heterocycles. The van der Waals surface area contributed by atoms with E-state index in [1.54, 1.807) is 11.3 Å². The van der Waals surface area contributed by atoms with Gasteiger partial charge in [-0.2, -0.15) is 0 Å². The number of nitrogens with zero attached hydrogens (tertiary/aromatic N) is 1. The Morgan fingerprint density at radius 2 is 2.54 bits per heavy atom. The van der Waals surface area contributed by atoms with Crippen LogP contribution < -0.4 is 5.73 Å². The third-order valence-corrected chi connectivity index (χ3v) is 3.89. The molecule has 1 aliphatic rings. The predicted molar refractivity (Wildman–Crippen MR) is 55.9 cm³/mol. The van der Waals surface area contributed by atoms with Gasteiger partial charge in [-0.1, -0.05) is 13.3 Å². The van der Waals surface area contributed by atoms with E-state index in [1.165, 1.54) is 17.8 Å². The smallest absolute Gasteiger partial charge is 0.0946 e. The average Bonchev–Trinajstić information content (AvgIpc) is 2.54. The van der Waals surface area contributed by atoms with Crippen molar-refractivity contribution in [3.05, 3.63) is 16.1 Å². The fraction of sp³-hybridized carbons (Fsp3) is 0.700. The van der Waals surface area contributed by atoms with Crippen LogP contribution in [-0.4, -0.2) is 10.5 Å². The maximum Gasteiger partial charge on any atom is 0.0946 e. The Labute approximate surface area is 83.2 Å². The molecule has 2 N–H and O–H groups in total. The van der Waals surface area contributed by atoms with Gasteiger partial charge in [0.05, 0.1) is 5.01 Å². The van der Waals surface area contributed by atoms with Gasteiger partial charge in [0.2, 0.25) is 0 Å². The molecule has 0 spiro atoms. The summed E-state index contributed by atoms with van der Waals surface area (Å²) in [5.74, 6) is 0.733. The lowest BCUT2D eigenvalue weighted by Gasteiger charge is -2.07. The molecule has 1 heterocycles. The van der Waals surface area contributed by atoms with Gasteiger partial charge < -0.3 is 5.73 Å². The van der Waals surface area contributed by atoms with Gasteiger partial charge in [0, 0.05) is 23.0 Å². The van der Waals surface area contributed by atoms with Crippen molar-refractivity contribution in [2.45, 2.75) is 38.6 Å². The first-order valence-electron chi connectivity index (χ1n) is 4.84. The van der Waals surface area contributed by atoms with Gasteiger partial charge in [-0.3, -0.25) is 0 Å². The Hall–Kier alpha value is -0.410. The van der Waals surface area contributed by atoms with Crippen molar-refractivity contribution in [3.63, 3.8) is 0 Å². The molecule has 0 radical (unpaired) electrons. The second-order valence-corrected chi connectivity index (χ2v) is 5.04. The van der Waals surface area contributed by atoms with Crippen molar-refractivity contribution >= 4 is 11.3 Å². The molecule has 1 aromatic rings. The van der Waals surface area contributed by atoms with E-state index < -0.39 is 0 Å². The molecule has 1 saturated carbocycles. The summed E-state index contributed by atoms with van der Waals surface area (Å²) in [5, 5.41) is 3.30. The number of nitrogens with two attached hydrogens (primary N) is 1. The molecule has 0 aliphatic heterocycles. The van der Waals surface area contributed by atoms with E-state index in [0.717, 1.165) is 18.0 Å². The van der Waals surface area contributed by atoms with Gasteiger partial charge in [-0.25, -0.2) is 4.98 Å². The van der Waals surface area contributed by atoms with Gasteiger partial charge in [-0.05, 0) is 19.3 Å². The highest BCUT2D eigenvalue weighted by molar-refractivity contribution is 7.09. The largest absolute Gasteiger partial charge is 0.324 e.